The molecular formula is C67H106O6. The third kappa shape index (κ3) is 58.1. The van der Waals surface area contributed by atoms with Crippen LogP contribution >= 0.6 is 0 Å². The predicted molar refractivity (Wildman–Crippen MR) is 315 cm³/mol. The first-order chi connectivity index (χ1) is 36.0. The number of rotatable bonds is 51. The van der Waals surface area contributed by atoms with Gasteiger partial charge in [-0.15, -0.1) is 0 Å². The summed E-state index contributed by atoms with van der Waals surface area (Å²) in [6, 6.07) is 0. The number of esters is 3. The van der Waals surface area contributed by atoms with E-state index < -0.39 is 12.1 Å². The minimum absolute atomic E-state index is 0.0842. The van der Waals surface area contributed by atoms with Crippen molar-refractivity contribution in [2.45, 2.75) is 245 Å². The Morgan fingerprint density at radius 3 is 0.904 bits per heavy atom. The van der Waals surface area contributed by atoms with Crippen LogP contribution in [0.25, 0.3) is 0 Å². The van der Waals surface area contributed by atoms with Crippen LogP contribution in [0.5, 0.6) is 0 Å². The van der Waals surface area contributed by atoms with Crippen LogP contribution < -0.4 is 0 Å². The van der Waals surface area contributed by atoms with Crippen LogP contribution in [0, 0.1) is 0 Å². The van der Waals surface area contributed by atoms with E-state index in [0.717, 1.165) is 116 Å². The Morgan fingerprint density at radius 1 is 0.301 bits per heavy atom. The Morgan fingerprint density at radius 2 is 0.575 bits per heavy atom. The number of carbonyl (C=O) groups is 3. The van der Waals surface area contributed by atoms with Crippen molar-refractivity contribution in [3.05, 3.63) is 146 Å². The lowest BCUT2D eigenvalue weighted by Crippen LogP contribution is -2.30. The van der Waals surface area contributed by atoms with E-state index in [4.69, 9.17) is 14.2 Å². The van der Waals surface area contributed by atoms with Crippen molar-refractivity contribution in [1.29, 1.82) is 0 Å². The molecule has 0 amide bonds. The molecular weight excluding hydrogens is 901 g/mol. The third-order valence-corrected chi connectivity index (χ3v) is 11.9. The van der Waals surface area contributed by atoms with Gasteiger partial charge in [0.2, 0.25) is 0 Å². The maximum Gasteiger partial charge on any atom is 0.310 e. The maximum atomic E-state index is 12.8. The Kier molecular flexibility index (Phi) is 56.0. The van der Waals surface area contributed by atoms with Gasteiger partial charge >= 0.3 is 17.9 Å². The number of carbonyl (C=O) groups excluding carboxylic acids is 3. The van der Waals surface area contributed by atoms with Crippen LogP contribution in [0.2, 0.25) is 0 Å². The van der Waals surface area contributed by atoms with Crippen LogP contribution in [0.3, 0.4) is 0 Å². The first kappa shape index (κ1) is 68.3. The highest BCUT2D eigenvalue weighted by molar-refractivity contribution is 5.72. The summed E-state index contributed by atoms with van der Waals surface area (Å²) in [4.78, 5) is 38.1. The lowest BCUT2D eigenvalue weighted by Gasteiger charge is -2.18. The molecule has 0 N–H and O–H groups in total. The number of hydrogen-bond donors (Lipinski definition) is 0. The van der Waals surface area contributed by atoms with Gasteiger partial charge in [-0.25, -0.2) is 0 Å². The smallest absolute Gasteiger partial charge is 0.310 e. The number of allylic oxidation sites excluding steroid dienone is 23. The van der Waals surface area contributed by atoms with Gasteiger partial charge in [-0.05, 0) is 103 Å². The molecule has 0 radical (unpaired) electrons. The zero-order chi connectivity index (χ0) is 52.9. The van der Waals surface area contributed by atoms with E-state index in [1.54, 1.807) is 6.08 Å². The molecule has 1 unspecified atom stereocenters. The van der Waals surface area contributed by atoms with Crippen molar-refractivity contribution >= 4 is 17.9 Å². The van der Waals surface area contributed by atoms with Crippen molar-refractivity contribution in [3.63, 3.8) is 0 Å². The normalized spacial score (nSPS) is 13.2. The number of hydrogen-bond acceptors (Lipinski definition) is 6. The molecule has 0 aromatic rings. The molecule has 0 aromatic heterocycles. The molecule has 73 heavy (non-hydrogen) atoms. The average molecular weight is 1010 g/mol. The molecule has 0 aliphatic carbocycles. The summed E-state index contributed by atoms with van der Waals surface area (Å²) in [5.74, 6) is -1.10. The molecule has 0 aliphatic rings. The molecule has 0 bridgehead atoms. The van der Waals surface area contributed by atoms with E-state index in [0.29, 0.717) is 19.3 Å². The van der Waals surface area contributed by atoms with E-state index in [1.807, 2.05) is 6.08 Å². The average Bonchev–Trinajstić information content (AvgIpc) is 3.39. The zero-order valence-corrected chi connectivity index (χ0v) is 46.8. The Balaban J connectivity index is 4.53. The first-order valence-electron chi connectivity index (χ1n) is 29.3. The summed E-state index contributed by atoms with van der Waals surface area (Å²) in [5, 5.41) is 0. The van der Waals surface area contributed by atoms with Gasteiger partial charge in [0.15, 0.2) is 6.10 Å². The summed E-state index contributed by atoms with van der Waals surface area (Å²) < 4.78 is 16.7. The Hall–Kier alpha value is -4.71. The van der Waals surface area contributed by atoms with E-state index >= 15 is 0 Å². The molecule has 6 nitrogen and oxygen atoms in total. The standard InChI is InChI=1S/C67H106O6/c1-4-7-10-13-16-19-22-25-28-29-30-31-32-33-34-35-36-37-40-42-45-48-51-54-57-60-66(69)72-63-64(73-67(70)61-58-55-52-49-46-43-39-27-24-21-18-15-12-9-6-3)62-71-65(68)59-56-53-50-47-44-41-38-26-23-20-17-14-11-8-5-2/h7,9-10,12,16,18-19,21,25,27-28,30-31,33-34,36-37,39,42,45-46,49,55,58,64H,4-6,8,11,13-15,17,20,22-24,26,29,32,35,38,40-41,43-44,47-48,50-54,56-57,59-63H2,1-3H3/b10-7-,12-9-,19-16-,21-18-,28-25-,31-30-,34-33-,37-36-,39-27-,45-42-,49-46-,58-55-. The van der Waals surface area contributed by atoms with Gasteiger partial charge in [0, 0.05) is 12.8 Å². The largest absolute Gasteiger partial charge is 0.462 e. The second kappa shape index (κ2) is 59.8. The molecule has 0 saturated heterocycles. The minimum Gasteiger partial charge on any atom is -0.462 e. The molecule has 0 rings (SSSR count). The van der Waals surface area contributed by atoms with E-state index in [9.17, 15) is 14.4 Å². The van der Waals surface area contributed by atoms with Gasteiger partial charge in [-0.1, -0.05) is 263 Å². The van der Waals surface area contributed by atoms with Crippen molar-refractivity contribution in [1.82, 2.24) is 0 Å². The molecule has 0 saturated carbocycles. The summed E-state index contributed by atoms with van der Waals surface area (Å²) in [7, 11) is 0. The van der Waals surface area contributed by atoms with Crippen LogP contribution in [0.15, 0.2) is 146 Å². The van der Waals surface area contributed by atoms with E-state index in [-0.39, 0.29) is 31.6 Å². The molecule has 0 aliphatic heterocycles. The van der Waals surface area contributed by atoms with Crippen LogP contribution in [-0.2, 0) is 28.6 Å². The van der Waals surface area contributed by atoms with Crippen molar-refractivity contribution < 1.29 is 28.6 Å². The van der Waals surface area contributed by atoms with Crippen LogP contribution in [-0.4, -0.2) is 37.2 Å². The third-order valence-electron chi connectivity index (χ3n) is 11.9. The first-order valence-corrected chi connectivity index (χ1v) is 29.3. The van der Waals surface area contributed by atoms with Crippen molar-refractivity contribution in [3.8, 4) is 0 Å². The van der Waals surface area contributed by atoms with Crippen molar-refractivity contribution in [2.75, 3.05) is 13.2 Å². The summed E-state index contributed by atoms with van der Waals surface area (Å²) >= 11 is 0. The fourth-order valence-electron chi connectivity index (χ4n) is 7.56. The second-order valence-electron chi connectivity index (χ2n) is 18.8. The topological polar surface area (TPSA) is 78.9 Å². The Labute approximate surface area is 448 Å². The summed E-state index contributed by atoms with van der Waals surface area (Å²) in [6.07, 6.45) is 85.8. The SMILES string of the molecule is CC/C=C\C/C=C\C/C=C\C/C=C\C/C=C\C/C=C\C/C=C\CCCCCC(=O)OCC(COC(=O)CCCCCCCCCCCCCCCCC)OC(=O)C/C=C\C/C=C\C/C=C\C/C=C\C/C=C\CC. The monoisotopic (exact) mass is 1010 g/mol. The Bertz CT molecular complexity index is 1630. The van der Waals surface area contributed by atoms with Crippen LogP contribution in [0.1, 0.15) is 239 Å². The lowest BCUT2D eigenvalue weighted by molar-refractivity contribution is -0.166. The highest BCUT2D eigenvalue weighted by atomic mass is 16.6. The summed E-state index contributed by atoms with van der Waals surface area (Å²) in [6.45, 7) is 6.29. The number of unbranched alkanes of at least 4 members (excludes halogenated alkanes) is 17. The number of ether oxygens (including phenoxy) is 3. The molecule has 6 heteroatoms. The quantitative estimate of drug-likeness (QED) is 0.0261. The molecule has 0 heterocycles. The van der Waals surface area contributed by atoms with Gasteiger partial charge in [-0.2, -0.15) is 0 Å². The molecule has 0 fully saturated rings. The van der Waals surface area contributed by atoms with Gasteiger partial charge in [0.25, 0.3) is 0 Å². The predicted octanol–water partition coefficient (Wildman–Crippen LogP) is 20.0. The van der Waals surface area contributed by atoms with Gasteiger partial charge in [0.1, 0.15) is 13.2 Å². The zero-order valence-electron chi connectivity index (χ0n) is 46.8. The minimum atomic E-state index is -0.851. The highest BCUT2D eigenvalue weighted by Gasteiger charge is 2.19. The fourth-order valence-corrected chi connectivity index (χ4v) is 7.56. The van der Waals surface area contributed by atoms with Gasteiger partial charge < -0.3 is 14.2 Å². The molecule has 0 aromatic carbocycles. The van der Waals surface area contributed by atoms with Crippen LogP contribution in [0.4, 0.5) is 0 Å². The van der Waals surface area contributed by atoms with E-state index in [1.165, 1.54) is 77.0 Å². The summed E-state index contributed by atoms with van der Waals surface area (Å²) in [5.41, 5.74) is 0. The molecule has 1 atom stereocenters. The maximum absolute atomic E-state index is 12.8. The fraction of sp³-hybridized carbons (Fsp3) is 0.597. The van der Waals surface area contributed by atoms with Gasteiger partial charge in [-0.3, -0.25) is 14.4 Å². The molecule has 0 spiro atoms. The van der Waals surface area contributed by atoms with Crippen molar-refractivity contribution in [2.24, 2.45) is 0 Å². The second-order valence-corrected chi connectivity index (χ2v) is 18.8. The van der Waals surface area contributed by atoms with E-state index in [2.05, 4.69) is 154 Å². The highest BCUT2D eigenvalue weighted by Crippen LogP contribution is 2.15. The molecule has 410 valence electrons. The van der Waals surface area contributed by atoms with Gasteiger partial charge in [0.05, 0.1) is 6.42 Å². The lowest BCUT2D eigenvalue weighted by atomic mass is 10.0.